The summed E-state index contributed by atoms with van der Waals surface area (Å²) in [6, 6.07) is 22.8. The molecule has 0 N–H and O–H groups in total. The number of thiazole rings is 1. The molecule has 3 aromatic carbocycles. The van der Waals surface area contributed by atoms with Crippen molar-refractivity contribution in [2.75, 3.05) is 14.2 Å². The second-order valence-corrected chi connectivity index (χ2v) is 8.39. The topological polar surface area (TPSA) is 52.8 Å². The SMILES string of the molecule is COc1ccc(-c2c(-c3ccccc3)sc(=NC(=O)c3cc(Cl)ccc3OC)n2C)cc1. The summed E-state index contributed by atoms with van der Waals surface area (Å²) in [5, 5.41) is 0.448. The normalized spacial score (nSPS) is 11.4. The molecule has 0 saturated heterocycles. The van der Waals surface area contributed by atoms with E-state index in [1.165, 1.54) is 18.4 Å². The van der Waals surface area contributed by atoms with Gasteiger partial charge in [-0.1, -0.05) is 53.3 Å². The molecule has 0 atom stereocenters. The van der Waals surface area contributed by atoms with Crippen molar-refractivity contribution in [1.82, 2.24) is 4.57 Å². The molecule has 0 bridgehead atoms. The molecule has 7 heteroatoms. The lowest BCUT2D eigenvalue weighted by Crippen LogP contribution is -2.14. The Hall–Kier alpha value is -3.35. The molecule has 0 saturated carbocycles. The van der Waals surface area contributed by atoms with E-state index in [1.54, 1.807) is 25.3 Å². The van der Waals surface area contributed by atoms with E-state index in [-0.39, 0.29) is 0 Å². The molecule has 0 unspecified atom stereocenters. The molecular weight excluding hydrogens is 444 g/mol. The lowest BCUT2D eigenvalue weighted by molar-refractivity contribution is 0.0995. The maximum atomic E-state index is 13.0. The highest BCUT2D eigenvalue weighted by Crippen LogP contribution is 2.35. The van der Waals surface area contributed by atoms with Gasteiger partial charge in [0.1, 0.15) is 11.5 Å². The number of nitrogens with zero attached hydrogens (tertiary/aromatic N) is 2. The van der Waals surface area contributed by atoms with Crippen LogP contribution < -0.4 is 14.3 Å². The van der Waals surface area contributed by atoms with Crippen molar-refractivity contribution in [3.63, 3.8) is 0 Å². The van der Waals surface area contributed by atoms with E-state index in [2.05, 4.69) is 4.99 Å². The lowest BCUT2D eigenvalue weighted by atomic mass is 10.1. The number of carbonyl (C=O) groups excluding carboxylic acids is 1. The van der Waals surface area contributed by atoms with E-state index in [1.807, 2.05) is 66.2 Å². The first kappa shape index (κ1) is 21.9. The predicted molar refractivity (Wildman–Crippen MR) is 129 cm³/mol. The van der Waals surface area contributed by atoms with E-state index >= 15 is 0 Å². The number of benzene rings is 3. The zero-order valence-corrected chi connectivity index (χ0v) is 19.4. The summed E-state index contributed by atoms with van der Waals surface area (Å²) in [7, 11) is 5.06. The Labute approximate surface area is 195 Å². The quantitative estimate of drug-likeness (QED) is 0.373. The van der Waals surface area contributed by atoms with Crippen molar-refractivity contribution in [1.29, 1.82) is 0 Å². The highest BCUT2D eigenvalue weighted by atomic mass is 35.5. The minimum atomic E-state index is -0.415. The summed E-state index contributed by atoms with van der Waals surface area (Å²) >= 11 is 7.56. The van der Waals surface area contributed by atoms with Crippen molar-refractivity contribution in [2.24, 2.45) is 12.0 Å². The van der Waals surface area contributed by atoms with Crippen molar-refractivity contribution in [3.05, 3.63) is 88.2 Å². The number of hydrogen-bond donors (Lipinski definition) is 0. The van der Waals surface area contributed by atoms with Crippen LogP contribution in [0, 0.1) is 0 Å². The van der Waals surface area contributed by atoms with Crippen LogP contribution in [0.15, 0.2) is 77.8 Å². The summed E-state index contributed by atoms with van der Waals surface area (Å²) in [5.74, 6) is 0.796. The van der Waals surface area contributed by atoms with Gasteiger partial charge in [0.15, 0.2) is 4.80 Å². The standard InChI is InChI=1S/C25H21ClN2O3S/c1-28-22(16-9-12-19(30-2)13-10-16)23(17-7-5-4-6-8-17)32-25(28)27-24(29)20-15-18(26)11-14-21(20)31-3/h4-15H,1-3H3. The molecule has 1 heterocycles. The molecule has 0 aliphatic carbocycles. The van der Waals surface area contributed by atoms with Crippen molar-refractivity contribution in [2.45, 2.75) is 0 Å². The average Bonchev–Trinajstić information content (AvgIpc) is 3.15. The molecule has 0 spiro atoms. The first-order valence-corrected chi connectivity index (χ1v) is 11.0. The largest absolute Gasteiger partial charge is 0.497 e. The summed E-state index contributed by atoms with van der Waals surface area (Å²) in [4.78, 5) is 19.1. The third kappa shape index (κ3) is 4.33. The van der Waals surface area contributed by atoms with Gasteiger partial charge in [-0.05, 0) is 53.6 Å². The summed E-state index contributed by atoms with van der Waals surface area (Å²) < 4.78 is 12.6. The van der Waals surface area contributed by atoms with Gasteiger partial charge in [0.05, 0.1) is 30.4 Å². The molecule has 0 radical (unpaired) electrons. The van der Waals surface area contributed by atoms with Crippen molar-refractivity contribution < 1.29 is 14.3 Å². The number of amides is 1. The average molecular weight is 465 g/mol. The van der Waals surface area contributed by atoms with Gasteiger partial charge in [-0.3, -0.25) is 4.79 Å². The zero-order chi connectivity index (χ0) is 22.7. The number of ether oxygens (including phenoxy) is 2. The zero-order valence-electron chi connectivity index (χ0n) is 17.8. The van der Waals surface area contributed by atoms with Gasteiger partial charge in [-0.2, -0.15) is 4.99 Å². The number of halogens is 1. The highest BCUT2D eigenvalue weighted by molar-refractivity contribution is 7.13. The van der Waals surface area contributed by atoms with E-state index in [0.29, 0.717) is 21.1 Å². The van der Waals surface area contributed by atoms with Crippen LogP contribution in [0.25, 0.3) is 21.7 Å². The van der Waals surface area contributed by atoms with Crippen LogP contribution >= 0.6 is 22.9 Å². The van der Waals surface area contributed by atoms with Gasteiger partial charge in [0, 0.05) is 12.1 Å². The predicted octanol–water partition coefficient (Wildman–Crippen LogP) is 5.83. The Balaban J connectivity index is 1.89. The first-order chi connectivity index (χ1) is 15.5. The van der Waals surface area contributed by atoms with Crippen LogP contribution in [0.1, 0.15) is 10.4 Å². The summed E-state index contributed by atoms with van der Waals surface area (Å²) in [6.07, 6.45) is 0. The van der Waals surface area contributed by atoms with Gasteiger partial charge >= 0.3 is 0 Å². The van der Waals surface area contributed by atoms with Crippen molar-refractivity contribution in [3.8, 4) is 33.2 Å². The van der Waals surface area contributed by atoms with Gasteiger partial charge in [-0.15, -0.1) is 0 Å². The molecule has 1 amide bonds. The molecule has 0 aliphatic rings. The third-order valence-electron chi connectivity index (χ3n) is 5.02. The number of rotatable bonds is 5. The molecule has 162 valence electrons. The molecule has 4 aromatic rings. The minimum absolute atomic E-state index is 0.320. The number of methoxy groups -OCH3 is 2. The van der Waals surface area contributed by atoms with Crippen molar-refractivity contribution >= 4 is 28.8 Å². The highest BCUT2D eigenvalue weighted by Gasteiger charge is 2.18. The Morgan fingerprint density at radius 1 is 0.938 bits per heavy atom. The van der Waals surface area contributed by atoms with E-state index in [4.69, 9.17) is 21.1 Å². The second kappa shape index (κ2) is 9.42. The Kier molecular flexibility index (Phi) is 6.44. The fourth-order valence-electron chi connectivity index (χ4n) is 3.41. The number of aromatic nitrogens is 1. The Bertz CT molecular complexity index is 1330. The summed E-state index contributed by atoms with van der Waals surface area (Å²) in [6.45, 7) is 0. The molecule has 0 fully saturated rings. The van der Waals surface area contributed by atoms with Gasteiger partial charge in [0.2, 0.25) is 0 Å². The van der Waals surface area contributed by atoms with Crippen LogP contribution in [-0.2, 0) is 7.05 Å². The molecule has 4 rings (SSSR count). The number of hydrogen-bond acceptors (Lipinski definition) is 4. The van der Waals surface area contributed by atoms with Crippen LogP contribution in [0.3, 0.4) is 0 Å². The van der Waals surface area contributed by atoms with Crippen LogP contribution in [0.2, 0.25) is 5.02 Å². The van der Waals surface area contributed by atoms with E-state index in [0.717, 1.165) is 27.4 Å². The second-order valence-electron chi connectivity index (χ2n) is 6.98. The van der Waals surface area contributed by atoms with Crippen LogP contribution in [0.4, 0.5) is 0 Å². The smallest absolute Gasteiger partial charge is 0.283 e. The van der Waals surface area contributed by atoms with Gasteiger partial charge in [-0.25, -0.2) is 0 Å². The molecule has 5 nitrogen and oxygen atoms in total. The number of carbonyl (C=O) groups is 1. The van der Waals surface area contributed by atoms with Gasteiger partial charge < -0.3 is 14.0 Å². The van der Waals surface area contributed by atoms with E-state index < -0.39 is 5.91 Å². The van der Waals surface area contributed by atoms with Gasteiger partial charge in [0.25, 0.3) is 5.91 Å². The first-order valence-electron chi connectivity index (χ1n) is 9.84. The lowest BCUT2D eigenvalue weighted by Gasteiger charge is -2.08. The fraction of sp³-hybridized carbons (Fsp3) is 0.120. The molecule has 1 aromatic heterocycles. The van der Waals surface area contributed by atoms with Crippen LogP contribution in [-0.4, -0.2) is 24.7 Å². The minimum Gasteiger partial charge on any atom is -0.497 e. The maximum absolute atomic E-state index is 13.0. The Morgan fingerprint density at radius 2 is 1.66 bits per heavy atom. The molecule has 32 heavy (non-hydrogen) atoms. The molecule has 0 aliphatic heterocycles. The van der Waals surface area contributed by atoms with Crippen LogP contribution in [0.5, 0.6) is 11.5 Å². The molecular formula is C25H21ClN2O3S. The Morgan fingerprint density at radius 3 is 2.31 bits per heavy atom. The fourth-order valence-corrected chi connectivity index (χ4v) is 4.72. The third-order valence-corrected chi connectivity index (χ3v) is 6.44. The van der Waals surface area contributed by atoms with E-state index in [9.17, 15) is 4.79 Å². The summed E-state index contributed by atoms with van der Waals surface area (Å²) in [5.41, 5.74) is 3.33. The maximum Gasteiger partial charge on any atom is 0.283 e. The monoisotopic (exact) mass is 464 g/mol.